The van der Waals surface area contributed by atoms with E-state index in [0.29, 0.717) is 13.0 Å². The summed E-state index contributed by atoms with van der Waals surface area (Å²) in [6.45, 7) is 3.36. The molecule has 0 fully saturated rings. The molecule has 0 saturated heterocycles. The Bertz CT molecular complexity index is 148. The van der Waals surface area contributed by atoms with Crippen molar-refractivity contribution in [2.24, 2.45) is 0 Å². The molecule has 14 heavy (non-hydrogen) atoms. The number of nitrogens with zero attached hydrogens (tertiary/aromatic N) is 1. The van der Waals surface area contributed by atoms with Crippen LogP contribution in [-0.2, 0) is 0 Å². The zero-order valence-corrected chi connectivity index (χ0v) is 8.71. The number of aliphatic hydroxyl groups is 2. The van der Waals surface area contributed by atoms with Crippen LogP contribution in [0.3, 0.4) is 0 Å². The molecule has 0 spiro atoms. The van der Waals surface area contributed by atoms with Crippen molar-refractivity contribution >= 4 is 0 Å². The fourth-order valence-electron chi connectivity index (χ4n) is 1.06. The third-order valence-corrected chi connectivity index (χ3v) is 1.85. The van der Waals surface area contributed by atoms with Crippen LogP contribution >= 0.6 is 0 Å². The summed E-state index contributed by atoms with van der Waals surface area (Å²) >= 11 is 0. The second-order valence-electron chi connectivity index (χ2n) is 3.98. The first-order valence-corrected chi connectivity index (χ1v) is 4.69. The molecule has 0 aliphatic rings. The average molecular weight is 211 g/mol. The maximum atomic E-state index is 12.0. The molecule has 0 atom stereocenters. The highest BCUT2D eigenvalue weighted by Crippen LogP contribution is 2.09. The molecule has 0 aromatic heterocycles. The van der Waals surface area contributed by atoms with Gasteiger partial charge in [0.25, 0.3) is 6.43 Å². The monoisotopic (exact) mass is 211 g/mol. The standard InChI is InChI=1S/C9H19F2NO2/c1-9(2,14)3-4-12(5-6-13)7-8(10)11/h8,13-14H,3-7H2,1-2H3. The summed E-state index contributed by atoms with van der Waals surface area (Å²) in [6, 6.07) is 0. The second-order valence-corrected chi connectivity index (χ2v) is 3.98. The molecular formula is C9H19F2NO2. The Balaban J connectivity index is 3.84. The van der Waals surface area contributed by atoms with Crippen molar-refractivity contribution in [3.05, 3.63) is 0 Å². The number of halogens is 2. The lowest BCUT2D eigenvalue weighted by molar-refractivity contribution is 0.0361. The molecule has 0 rings (SSSR count). The van der Waals surface area contributed by atoms with Crippen LogP contribution in [-0.4, -0.2) is 53.4 Å². The second kappa shape index (κ2) is 6.27. The van der Waals surface area contributed by atoms with E-state index in [-0.39, 0.29) is 19.7 Å². The minimum absolute atomic E-state index is 0.140. The van der Waals surface area contributed by atoms with E-state index < -0.39 is 12.0 Å². The van der Waals surface area contributed by atoms with E-state index in [2.05, 4.69) is 0 Å². The Morgan fingerprint density at radius 1 is 1.29 bits per heavy atom. The van der Waals surface area contributed by atoms with E-state index in [9.17, 15) is 13.9 Å². The molecule has 0 amide bonds. The maximum absolute atomic E-state index is 12.0. The summed E-state index contributed by atoms with van der Waals surface area (Å²) < 4.78 is 24.1. The normalized spacial score (nSPS) is 12.9. The van der Waals surface area contributed by atoms with Crippen LogP contribution in [0.1, 0.15) is 20.3 Å². The van der Waals surface area contributed by atoms with E-state index in [1.807, 2.05) is 0 Å². The van der Waals surface area contributed by atoms with Gasteiger partial charge in [0.15, 0.2) is 0 Å². The highest BCUT2D eigenvalue weighted by molar-refractivity contribution is 4.69. The molecule has 0 aliphatic carbocycles. The first-order chi connectivity index (χ1) is 6.35. The molecule has 3 nitrogen and oxygen atoms in total. The van der Waals surface area contributed by atoms with Gasteiger partial charge in [0, 0.05) is 13.1 Å². The van der Waals surface area contributed by atoms with Crippen molar-refractivity contribution in [3.63, 3.8) is 0 Å². The van der Waals surface area contributed by atoms with Gasteiger partial charge in [0.05, 0.1) is 18.8 Å². The molecule has 86 valence electrons. The minimum Gasteiger partial charge on any atom is -0.395 e. The number of hydrogen-bond acceptors (Lipinski definition) is 3. The first kappa shape index (κ1) is 13.7. The molecular weight excluding hydrogens is 192 g/mol. The topological polar surface area (TPSA) is 43.7 Å². The Morgan fingerprint density at radius 2 is 1.86 bits per heavy atom. The average Bonchev–Trinajstić information content (AvgIpc) is 1.98. The van der Waals surface area contributed by atoms with Crippen molar-refractivity contribution in [2.75, 3.05) is 26.2 Å². The third-order valence-electron chi connectivity index (χ3n) is 1.85. The van der Waals surface area contributed by atoms with Crippen molar-refractivity contribution in [1.29, 1.82) is 0 Å². The van der Waals surface area contributed by atoms with E-state index in [4.69, 9.17) is 5.11 Å². The van der Waals surface area contributed by atoms with Crippen LogP contribution in [0.4, 0.5) is 8.78 Å². The summed E-state index contributed by atoms with van der Waals surface area (Å²) in [7, 11) is 0. The van der Waals surface area contributed by atoms with Gasteiger partial charge in [0.1, 0.15) is 0 Å². The van der Waals surface area contributed by atoms with Crippen molar-refractivity contribution in [3.8, 4) is 0 Å². The van der Waals surface area contributed by atoms with Gasteiger partial charge in [-0.25, -0.2) is 8.78 Å². The summed E-state index contributed by atoms with van der Waals surface area (Å²) in [4.78, 5) is 1.45. The molecule has 2 N–H and O–H groups in total. The molecule has 0 aliphatic heterocycles. The van der Waals surface area contributed by atoms with Crippen molar-refractivity contribution in [1.82, 2.24) is 4.90 Å². The fourth-order valence-corrected chi connectivity index (χ4v) is 1.06. The number of alkyl halides is 2. The van der Waals surface area contributed by atoms with Crippen LogP contribution < -0.4 is 0 Å². The SMILES string of the molecule is CC(C)(O)CCN(CCO)CC(F)F. The van der Waals surface area contributed by atoms with Gasteiger partial charge in [-0.15, -0.1) is 0 Å². The van der Waals surface area contributed by atoms with Crippen LogP contribution in [0.25, 0.3) is 0 Å². The predicted molar refractivity (Wildman–Crippen MR) is 50.4 cm³/mol. The zero-order chi connectivity index (χ0) is 11.2. The van der Waals surface area contributed by atoms with Gasteiger partial charge in [-0.05, 0) is 20.3 Å². The van der Waals surface area contributed by atoms with Gasteiger partial charge in [-0.1, -0.05) is 0 Å². The quantitative estimate of drug-likeness (QED) is 0.651. The van der Waals surface area contributed by atoms with Crippen LogP contribution in [0.5, 0.6) is 0 Å². The van der Waals surface area contributed by atoms with Gasteiger partial charge in [-0.2, -0.15) is 0 Å². The van der Waals surface area contributed by atoms with Gasteiger partial charge in [-0.3, -0.25) is 4.90 Å². The molecule has 0 aromatic rings. The number of hydrogen-bond donors (Lipinski definition) is 2. The lowest BCUT2D eigenvalue weighted by Crippen LogP contribution is -2.36. The molecule has 0 bridgehead atoms. The van der Waals surface area contributed by atoms with Crippen LogP contribution in [0.2, 0.25) is 0 Å². The largest absolute Gasteiger partial charge is 0.395 e. The fraction of sp³-hybridized carbons (Fsp3) is 1.00. The summed E-state index contributed by atoms with van der Waals surface area (Å²) in [5, 5.41) is 18.0. The Labute approximate surface area is 83.3 Å². The van der Waals surface area contributed by atoms with E-state index in [1.54, 1.807) is 13.8 Å². The van der Waals surface area contributed by atoms with Crippen molar-refractivity contribution < 1.29 is 19.0 Å². The Hall–Kier alpha value is -0.260. The summed E-state index contributed by atoms with van der Waals surface area (Å²) in [5.41, 5.74) is -0.851. The van der Waals surface area contributed by atoms with Crippen LogP contribution in [0.15, 0.2) is 0 Å². The smallest absolute Gasteiger partial charge is 0.251 e. The summed E-state index contributed by atoms with van der Waals surface area (Å²) in [5.74, 6) is 0. The molecule has 0 unspecified atom stereocenters. The molecule has 0 heterocycles. The maximum Gasteiger partial charge on any atom is 0.251 e. The highest BCUT2D eigenvalue weighted by Gasteiger charge is 2.17. The molecule has 0 radical (unpaired) electrons. The van der Waals surface area contributed by atoms with E-state index in [0.717, 1.165) is 0 Å². The Morgan fingerprint density at radius 3 is 2.21 bits per heavy atom. The lowest BCUT2D eigenvalue weighted by atomic mass is 10.1. The molecule has 0 saturated carbocycles. The molecule has 0 aromatic carbocycles. The number of rotatable bonds is 7. The third kappa shape index (κ3) is 8.34. The zero-order valence-electron chi connectivity index (χ0n) is 8.71. The van der Waals surface area contributed by atoms with Gasteiger partial charge < -0.3 is 10.2 Å². The highest BCUT2D eigenvalue weighted by atomic mass is 19.3. The van der Waals surface area contributed by atoms with Crippen LogP contribution in [0, 0.1) is 0 Å². The Kier molecular flexibility index (Phi) is 6.15. The number of aliphatic hydroxyl groups excluding tert-OH is 1. The first-order valence-electron chi connectivity index (χ1n) is 4.69. The van der Waals surface area contributed by atoms with E-state index >= 15 is 0 Å². The minimum atomic E-state index is -2.40. The van der Waals surface area contributed by atoms with E-state index in [1.165, 1.54) is 4.90 Å². The van der Waals surface area contributed by atoms with Gasteiger partial charge >= 0.3 is 0 Å². The predicted octanol–water partition coefficient (Wildman–Crippen LogP) is 0.707. The summed E-state index contributed by atoms with van der Waals surface area (Å²) in [6.07, 6.45) is -1.98. The lowest BCUT2D eigenvalue weighted by Gasteiger charge is -2.25. The van der Waals surface area contributed by atoms with Crippen molar-refractivity contribution in [2.45, 2.75) is 32.3 Å². The van der Waals surface area contributed by atoms with Gasteiger partial charge in [0.2, 0.25) is 0 Å². The molecule has 5 heteroatoms.